The second-order valence-electron chi connectivity index (χ2n) is 7.81. The van der Waals surface area contributed by atoms with Crippen molar-refractivity contribution in [3.05, 3.63) is 59.7 Å². The molecule has 8 heteroatoms. The van der Waals surface area contributed by atoms with E-state index in [2.05, 4.69) is 34.9 Å². The number of rotatable bonds is 11. The van der Waals surface area contributed by atoms with Gasteiger partial charge in [0, 0.05) is 25.4 Å². The van der Waals surface area contributed by atoms with E-state index < -0.39 is 18.7 Å². The maximum Gasteiger partial charge on any atom is 0.407 e. The summed E-state index contributed by atoms with van der Waals surface area (Å²) >= 11 is 0. The van der Waals surface area contributed by atoms with E-state index in [1.54, 1.807) is 0 Å². The number of carbonyl (C=O) groups excluding carboxylic acids is 2. The van der Waals surface area contributed by atoms with Crippen molar-refractivity contribution in [3.8, 4) is 11.1 Å². The average Bonchev–Trinajstić information content (AvgIpc) is 3.09. The zero-order valence-electron chi connectivity index (χ0n) is 18.0. The zero-order valence-corrected chi connectivity index (χ0v) is 18.0. The summed E-state index contributed by atoms with van der Waals surface area (Å²) in [6, 6.07) is 16.3. The summed E-state index contributed by atoms with van der Waals surface area (Å²) in [5.41, 5.74) is 4.65. The molecule has 0 saturated heterocycles. The first-order chi connectivity index (χ1) is 15.5. The minimum Gasteiger partial charge on any atom is -0.480 e. The maximum atomic E-state index is 12.2. The van der Waals surface area contributed by atoms with Crippen LogP contribution in [0.5, 0.6) is 0 Å². The summed E-state index contributed by atoms with van der Waals surface area (Å²) < 4.78 is 10.3. The standard InChI is InChI=1S/C24H28N2O6/c1-16(12-22(27)25-10-11-31-15-23(28)29)13-26-24(30)32-14-21-19-8-4-2-6-17(19)18-7-3-5-9-20(18)21/h2-9,16,21H,10-15H2,1H3,(H,25,27)(H,26,30)(H,28,29). The van der Waals surface area contributed by atoms with E-state index in [-0.39, 0.29) is 43.9 Å². The van der Waals surface area contributed by atoms with E-state index >= 15 is 0 Å². The maximum absolute atomic E-state index is 12.2. The van der Waals surface area contributed by atoms with E-state index in [1.165, 1.54) is 11.1 Å². The smallest absolute Gasteiger partial charge is 0.407 e. The molecule has 3 N–H and O–H groups in total. The summed E-state index contributed by atoms with van der Waals surface area (Å²) in [5.74, 6) is -1.33. The van der Waals surface area contributed by atoms with Crippen molar-refractivity contribution in [3.63, 3.8) is 0 Å². The Morgan fingerprint density at radius 1 is 1.00 bits per heavy atom. The highest BCUT2D eigenvalue weighted by atomic mass is 16.5. The number of ether oxygens (including phenoxy) is 2. The van der Waals surface area contributed by atoms with Gasteiger partial charge in [0.25, 0.3) is 0 Å². The Morgan fingerprint density at radius 3 is 2.25 bits per heavy atom. The Bertz CT molecular complexity index is 916. The molecule has 2 amide bonds. The van der Waals surface area contributed by atoms with Crippen molar-refractivity contribution in [1.82, 2.24) is 10.6 Å². The third-order valence-corrected chi connectivity index (χ3v) is 5.27. The summed E-state index contributed by atoms with van der Waals surface area (Å²) in [5, 5.41) is 13.8. The predicted octanol–water partition coefficient (Wildman–Crippen LogP) is 2.77. The van der Waals surface area contributed by atoms with Gasteiger partial charge >= 0.3 is 12.1 Å². The van der Waals surface area contributed by atoms with Crippen molar-refractivity contribution < 1.29 is 29.0 Å². The molecule has 1 aliphatic rings. The molecular formula is C24H28N2O6. The van der Waals surface area contributed by atoms with Crippen LogP contribution in [0.1, 0.15) is 30.4 Å². The van der Waals surface area contributed by atoms with Crippen molar-refractivity contribution in [2.75, 3.05) is 32.9 Å². The van der Waals surface area contributed by atoms with Crippen LogP contribution in [-0.4, -0.2) is 56.0 Å². The van der Waals surface area contributed by atoms with Gasteiger partial charge in [-0.1, -0.05) is 55.5 Å². The molecule has 1 unspecified atom stereocenters. The number of benzene rings is 2. The zero-order chi connectivity index (χ0) is 22.9. The van der Waals surface area contributed by atoms with Gasteiger partial charge in [-0.05, 0) is 28.2 Å². The Labute approximate surface area is 186 Å². The Hall–Kier alpha value is -3.39. The molecule has 0 fully saturated rings. The van der Waals surface area contributed by atoms with Crippen LogP contribution in [0.4, 0.5) is 4.79 Å². The highest BCUT2D eigenvalue weighted by molar-refractivity contribution is 5.79. The largest absolute Gasteiger partial charge is 0.480 e. The quantitative estimate of drug-likeness (QED) is 0.463. The van der Waals surface area contributed by atoms with Gasteiger partial charge in [-0.3, -0.25) is 4.79 Å². The predicted molar refractivity (Wildman–Crippen MR) is 118 cm³/mol. The van der Waals surface area contributed by atoms with Gasteiger partial charge in [0.05, 0.1) is 6.61 Å². The lowest BCUT2D eigenvalue weighted by atomic mass is 9.98. The van der Waals surface area contributed by atoms with Gasteiger partial charge in [-0.15, -0.1) is 0 Å². The molecular weight excluding hydrogens is 412 g/mol. The normalized spacial score (nSPS) is 13.0. The molecule has 0 radical (unpaired) electrons. The number of carbonyl (C=O) groups is 3. The lowest BCUT2D eigenvalue weighted by Gasteiger charge is -2.16. The summed E-state index contributed by atoms with van der Waals surface area (Å²) in [7, 11) is 0. The number of alkyl carbamates (subject to hydrolysis) is 1. The number of hydrogen-bond donors (Lipinski definition) is 3. The number of aliphatic carboxylic acids is 1. The molecule has 2 aromatic rings. The van der Waals surface area contributed by atoms with Crippen LogP contribution in [0.2, 0.25) is 0 Å². The fourth-order valence-corrected chi connectivity index (χ4v) is 3.79. The van der Waals surface area contributed by atoms with Crippen molar-refractivity contribution >= 4 is 18.0 Å². The molecule has 0 spiro atoms. The molecule has 1 aliphatic carbocycles. The molecule has 0 heterocycles. The van der Waals surface area contributed by atoms with Crippen LogP contribution in [-0.2, 0) is 19.1 Å². The number of hydrogen-bond acceptors (Lipinski definition) is 5. The van der Waals surface area contributed by atoms with Crippen LogP contribution in [0.3, 0.4) is 0 Å². The second kappa shape index (κ2) is 11.3. The van der Waals surface area contributed by atoms with Crippen molar-refractivity contribution in [2.24, 2.45) is 5.92 Å². The van der Waals surface area contributed by atoms with Gasteiger partial charge < -0.3 is 25.2 Å². The second-order valence-corrected chi connectivity index (χ2v) is 7.81. The van der Waals surface area contributed by atoms with Crippen LogP contribution in [0, 0.1) is 5.92 Å². The summed E-state index contributed by atoms with van der Waals surface area (Å²) in [4.78, 5) is 34.5. The fraction of sp³-hybridized carbons (Fsp3) is 0.375. The molecule has 0 aromatic heterocycles. The highest BCUT2D eigenvalue weighted by Crippen LogP contribution is 2.44. The lowest BCUT2D eigenvalue weighted by Crippen LogP contribution is -2.34. The van der Waals surface area contributed by atoms with Gasteiger partial charge in [0.15, 0.2) is 0 Å². The van der Waals surface area contributed by atoms with E-state index in [4.69, 9.17) is 14.6 Å². The van der Waals surface area contributed by atoms with Gasteiger partial charge in [0.1, 0.15) is 13.2 Å². The van der Waals surface area contributed by atoms with E-state index in [9.17, 15) is 14.4 Å². The third-order valence-electron chi connectivity index (χ3n) is 5.27. The first-order valence-corrected chi connectivity index (χ1v) is 10.6. The first kappa shape index (κ1) is 23.3. The minimum atomic E-state index is -1.05. The van der Waals surface area contributed by atoms with Crippen molar-refractivity contribution in [2.45, 2.75) is 19.3 Å². The molecule has 0 saturated carbocycles. The Morgan fingerprint density at radius 2 is 1.62 bits per heavy atom. The van der Waals surface area contributed by atoms with E-state index in [1.807, 2.05) is 31.2 Å². The molecule has 0 bridgehead atoms. The molecule has 3 rings (SSSR count). The Balaban J connectivity index is 1.38. The van der Waals surface area contributed by atoms with Gasteiger partial charge in [-0.25, -0.2) is 9.59 Å². The average molecular weight is 440 g/mol. The molecule has 1 atom stereocenters. The molecule has 2 aromatic carbocycles. The van der Waals surface area contributed by atoms with Crippen LogP contribution in [0.15, 0.2) is 48.5 Å². The molecule has 0 aliphatic heterocycles. The summed E-state index contributed by atoms with van der Waals surface area (Å²) in [6.07, 6.45) is -0.288. The Kier molecular flexibility index (Phi) is 8.21. The van der Waals surface area contributed by atoms with Gasteiger partial charge in [-0.2, -0.15) is 0 Å². The van der Waals surface area contributed by atoms with Crippen molar-refractivity contribution in [1.29, 1.82) is 0 Å². The number of carboxylic acids is 1. The van der Waals surface area contributed by atoms with Crippen LogP contribution in [0.25, 0.3) is 11.1 Å². The lowest BCUT2D eigenvalue weighted by molar-refractivity contribution is -0.142. The van der Waals surface area contributed by atoms with Crippen LogP contribution >= 0.6 is 0 Å². The minimum absolute atomic E-state index is 0.000280. The highest BCUT2D eigenvalue weighted by Gasteiger charge is 2.29. The molecule has 8 nitrogen and oxygen atoms in total. The number of amides is 2. The third kappa shape index (κ3) is 6.31. The molecule has 32 heavy (non-hydrogen) atoms. The number of fused-ring (bicyclic) bond motifs is 3. The van der Waals surface area contributed by atoms with Gasteiger partial charge in [0.2, 0.25) is 5.91 Å². The van der Waals surface area contributed by atoms with E-state index in [0.717, 1.165) is 11.1 Å². The number of nitrogens with one attached hydrogen (secondary N) is 2. The summed E-state index contributed by atoms with van der Waals surface area (Å²) in [6.45, 7) is 2.37. The van der Waals surface area contributed by atoms with E-state index in [0.29, 0.717) is 6.54 Å². The topological polar surface area (TPSA) is 114 Å². The fourth-order valence-electron chi connectivity index (χ4n) is 3.79. The van der Waals surface area contributed by atoms with Crippen LogP contribution < -0.4 is 10.6 Å². The first-order valence-electron chi connectivity index (χ1n) is 10.6. The molecule has 170 valence electrons. The SMILES string of the molecule is CC(CNC(=O)OCC1c2ccccc2-c2ccccc21)CC(=O)NCCOCC(=O)O. The number of carboxylic acid groups (broad SMARTS) is 1. The monoisotopic (exact) mass is 440 g/mol.